The van der Waals surface area contributed by atoms with Crippen LogP contribution in [-0.2, 0) is 27.9 Å². The summed E-state index contributed by atoms with van der Waals surface area (Å²) in [6.45, 7) is 4.83. The fraction of sp³-hybridized carbons (Fsp3) is 0.240. The Kier molecular flexibility index (Phi) is 8.08. The molecule has 0 spiro atoms. The van der Waals surface area contributed by atoms with Gasteiger partial charge in [-0.1, -0.05) is 24.3 Å². The topological polar surface area (TPSA) is 93.7 Å². The number of methoxy groups -OCH3 is 1. The first-order chi connectivity index (χ1) is 15.8. The average molecular weight is 469 g/mol. The Morgan fingerprint density at radius 2 is 1.61 bits per heavy atom. The zero-order valence-electron chi connectivity index (χ0n) is 18.9. The summed E-state index contributed by atoms with van der Waals surface area (Å²) in [5.74, 6) is 0.342. The quantitative estimate of drug-likeness (QED) is 0.461. The Labute approximate surface area is 194 Å². The second kappa shape index (κ2) is 11.0. The fourth-order valence-electron chi connectivity index (χ4n) is 3.04. The summed E-state index contributed by atoms with van der Waals surface area (Å²) in [6, 6.07) is 20.2. The molecule has 0 aliphatic rings. The normalized spacial score (nSPS) is 11.3. The van der Waals surface area contributed by atoms with Gasteiger partial charge in [0, 0.05) is 17.8 Å². The number of ether oxygens (including phenoxy) is 2. The van der Waals surface area contributed by atoms with Gasteiger partial charge in [-0.15, -0.1) is 0 Å². The van der Waals surface area contributed by atoms with Crippen molar-refractivity contribution in [1.29, 1.82) is 0 Å². The van der Waals surface area contributed by atoms with E-state index >= 15 is 0 Å². The molecule has 1 amide bonds. The first kappa shape index (κ1) is 24.3. The largest absolute Gasteiger partial charge is 0.497 e. The van der Waals surface area contributed by atoms with E-state index in [2.05, 4.69) is 10.0 Å². The summed E-state index contributed by atoms with van der Waals surface area (Å²) in [5.41, 5.74) is 2.78. The van der Waals surface area contributed by atoms with Crippen LogP contribution >= 0.6 is 0 Å². The second-order valence-electron chi connectivity index (χ2n) is 7.72. The summed E-state index contributed by atoms with van der Waals surface area (Å²) in [7, 11) is -2.24. The standard InChI is InChI=1S/C25H28N2O5S/c1-18(2)32-17-20-6-4-5-19(15-20)16-26-25(28)21-7-13-24(14-8-21)33(29,30)27-22-9-11-23(31-3)12-10-22/h4-15,18,27H,16-17H2,1-3H3,(H,26,28). The first-order valence-corrected chi connectivity index (χ1v) is 12.0. The highest BCUT2D eigenvalue weighted by Gasteiger charge is 2.15. The Bertz CT molecular complexity index is 1170. The van der Waals surface area contributed by atoms with Gasteiger partial charge in [-0.25, -0.2) is 8.42 Å². The second-order valence-corrected chi connectivity index (χ2v) is 9.40. The average Bonchev–Trinajstić information content (AvgIpc) is 2.82. The lowest BCUT2D eigenvalue weighted by Gasteiger charge is -2.11. The molecular weight excluding hydrogens is 440 g/mol. The summed E-state index contributed by atoms with van der Waals surface area (Å²) in [5, 5.41) is 2.86. The third kappa shape index (κ3) is 7.06. The van der Waals surface area contributed by atoms with Crippen LogP contribution in [0.1, 0.15) is 35.3 Å². The van der Waals surface area contributed by atoms with Crippen LogP contribution in [0.4, 0.5) is 5.69 Å². The number of anilines is 1. The molecule has 3 rings (SSSR count). The Morgan fingerprint density at radius 1 is 0.939 bits per heavy atom. The van der Waals surface area contributed by atoms with Crippen LogP contribution in [0.3, 0.4) is 0 Å². The van der Waals surface area contributed by atoms with Gasteiger partial charge in [0.05, 0.1) is 24.7 Å². The van der Waals surface area contributed by atoms with Crippen molar-refractivity contribution >= 4 is 21.6 Å². The minimum Gasteiger partial charge on any atom is -0.497 e. The van der Waals surface area contributed by atoms with E-state index in [1.807, 2.05) is 38.1 Å². The van der Waals surface area contributed by atoms with Crippen LogP contribution in [-0.4, -0.2) is 27.5 Å². The molecule has 0 aliphatic heterocycles. The van der Waals surface area contributed by atoms with Gasteiger partial charge in [0.25, 0.3) is 15.9 Å². The monoisotopic (exact) mass is 468 g/mol. The summed E-state index contributed by atoms with van der Waals surface area (Å²) >= 11 is 0. The van der Waals surface area contributed by atoms with E-state index in [9.17, 15) is 13.2 Å². The van der Waals surface area contributed by atoms with Gasteiger partial charge in [0.1, 0.15) is 5.75 Å². The summed E-state index contributed by atoms with van der Waals surface area (Å²) in [4.78, 5) is 12.6. The van der Waals surface area contributed by atoms with Crippen molar-refractivity contribution in [3.8, 4) is 5.75 Å². The van der Waals surface area contributed by atoms with Gasteiger partial charge in [-0.2, -0.15) is 0 Å². The van der Waals surface area contributed by atoms with Gasteiger partial charge < -0.3 is 14.8 Å². The lowest BCUT2D eigenvalue weighted by molar-refractivity contribution is 0.0657. The maximum atomic E-state index is 12.6. The fourth-order valence-corrected chi connectivity index (χ4v) is 4.09. The number of sulfonamides is 1. The number of hydrogen-bond donors (Lipinski definition) is 2. The molecule has 2 N–H and O–H groups in total. The molecule has 0 aliphatic carbocycles. The van der Waals surface area contributed by atoms with Gasteiger partial charge in [-0.05, 0) is 73.5 Å². The highest BCUT2D eigenvalue weighted by atomic mass is 32.2. The molecule has 8 heteroatoms. The molecule has 0 saturated carbocycles. The zero-order valence-corrected chi connectivity index (χ0v) is 19.7. The molecule has 174 valence electrons. The van der Waals surface area contributed by atoms with Gasteiger partial charge in [0.2, 0.25) is 0 Å². The molecule has 0 unspecified atom stereocenters. The number of amides is 1. The van der Waals surface area contributed by atoms with Gasteiger partial charge in [-0.3, -0.25) is 9.52 Å². The molecule has 3 aromatic carbocycles. The minimum atomic E-state index is -3.78. The zero-order chi connectivity index (χ0) is 23.8. The molecule has 33 heavy (non-hydrogen) atoms. The smallest absolute Gasteiger partial charge is 0.261 e. The number of rotatable bonds is 10. The molecule has 0 saturated heterocycles. The predicted octanol–water partition coefficient (Wildman–Crippen LogP) is 4.35. The van der Waals surface area contributed by atoms with Crippen molar-refractivity contribution in [1.82, 2.24) is 5.32 Å². The molecule has 0 heterocycles. The Morgan fingerprint density at radius 3 is 2.24 bits per heavy atom. The number of hydrogen-bond acceptors (Lipinski definition) is 5. The Hall–Kier alpha value is -3.36. The predicted molar refractivity (Wildman–Crippen MR) is 128 cm³/mol. The highest BCUT2D eigenvalue weighted by molar-refractivity contribution is 7.92. The Balaban J connectivity index is 1.60. The van der Waals surface area contributed by atoms with Gasteiger partial charge in [0.15, 0.2) is 0 Å². The van der Waals surface area contributed by atoms with Crippen LogP contribution < -0.4 is 14.8 Å². The lowest BCUT2D eigenvalue weighted by atomic mass is 10.1. The molecular formula is C25H28N2O5S. The van der Waals surface area contributed by atoms with Gasteiger partial charge >= 0.3 is 0 Å². The van der Waals surface area contributed by atoms with Crippen molar-refractivity contribution in [2.75, 3.05) is 11.8 Å². The molecule has 7 nitrogen and oxygen atoms in total. The van der Waals surface area contributed by atoms with Crippen molar-refractivity contribution < 1.29 is 22.7 Å². The molecule has 0 fully saturated rings. The van der Waals surface area contributed by atoms with Crippen LogP contribution in [0.15, 0.2) is 77.7 Å². The maximum absolute atomic E-state index is 12.6. The van der Waals surface area contributed by atoms with E-state index < -0.39 is 10.0 Å². The van der Waals surface area contributed by atoms with Crippen molar-refractivity contribution in [3.63, 3.8) is 0 Å². The molecule has 0 radical (unpaired) electrons. The molecule has 0 atom stereocenters. The number of carbonyl (C=O) groups is 1. The van der Waals surface area contributed by atoms with Crippen LogP contribution in [0.5, 0.6) is 5.75 Å². The van der Waals surface area contributed by atoms with E-state index in [1.165, 1.54) is 31.4 Å². The lowest BCUT2D eigenvalue weighted by Crippen LogP contribution is -2.23. The van der Waals surface area contributed by atoms with E-state index in [1.54, 1.807) is 24.3 Å². The minimum absolute atomic E-state index is 0.0627. The van der Waals surface area contributed by atoms with Crippen molar-refractivity contribution in [2.24, 2.45) is 0 Å². The van der Waals surface area contributed by atoms with E-state index in [0.29, 0.717) is 30.2 Å². The van der Waals surface area contributed by atoms with E-state index in [4.69, 9.17) is 9.47 Å². The number of nitrogens with one attached hydrogen (secondary N) is 2. The van der Waals surface area contributed by atoms with Crippen LogP contribution in [0, 0.1) is 0 Å². The highest BCUT2D eigenvalue weighted by Crippen LogP contribution is 2.19. The van der Waals surface area contributed by atoms with Crippen LogP contribution in [0.25, 0.3) is 0 Å². The molecule has 0 bridgehead atoms. The maximum Gasteiger partial charge on any atom is 0.261 e. The van der Waals surface area contributed by atoms with Crippen molar-refractivity contribution in [3.05, 3.63) is 89.5 Å². The SMILES string of the molecule is COc1ccc(NS(=O)(=O)c2ccc(C(=O)NCc3cccc(COC(C)C)c3)cc2)cc1. The third-order valence-corrected chi connectivity index (χ3v) is 6.19. The van der Waals surface area contributed by atoms with Crippen LogP contribution in [0.2, 0.25) is 0 Å². The van der Waals surface area contributed by atoms with E-state index in [-0.39, 0.29) is 16.9 Å². The van der Waals surface area contributed by atoms with E-state index in [0.717, 1.165) is 11.1 Å². The third-order valence-electron chi connectivity index (χ3n) is 4.80. The number of benzene rings is 3. The van der Waals surface area contributed by atoms with Crippen molar-refractivity contribution in [2.45, 2.75) is 38.0 Å². The summed E-state index contributed by atoms with van der Waals surface area (Å²) in [6.07, 6.45) is 0.145. The molecule has 0 aromatic heterocycles. The summed E-state index contributed by atoms with van der Waals surface area (Å²) < 4.78 is 38.4. The first-order valence-electron chi connectivity index (χ1n) is 10.5. The molecule has 3 aromatic rings. The number of carbonyl (C=O) groups excluding carboxylic acids is 1.